The van der Waals surface area contributed by atoms with Crippen LogP contribution in [0.1, 0.15) is 6.42 Å². The van der Waals surface area contributed by atoms with Crippen molar-refractivity contribution in [1.82, 2.24) is 9.55 Å². The molecule has 0 aliphatic rings. The number of nitrogens with one attached hydrogen (secondary N) is 1. The molecule has 2 aromatic heterocycles. The normalized spacial score (nSPS) is 11.0. The lowest BCUT2D eigenvalue weighted by Crippen LogP contribution is -2.20. The molecule has 0 saturated heterocycles. The van der Waals surface area contributed by atoms with Crippen LogP contribution in [-0.4, -0.2) is 22.6 Å². The number of nitrogens with zero attached hydrogens (tertiary/aromatic N) is 2. The van der Waals surface area contributed by atoms with Crippen LogP contribution in [0.15, 0.2) is 63.9 Å². The molecule has 136 valence electrons. The fourth-order valence-corrected chi connectivity index (χ4v) is 3.07. The highest BCUT2D eigenvalue weighted by Crippen LogP contribution is 2.29. The predicted octanol–water partition coefficient (Wildman–Crippen LogP) is 3.18. The molecule has 7 heteroatoms. The number of rotatable bonds is 5. The second-order valence-corrected chi connectivity index (χ2v) is 6.00. The van der Waals surface area contributed by atoms with Crippen molar-refractivity contribution in [2.75, 3.05) is 12.4 Å². The summed E-state index contributed by atoms with van der Waals surface area (Å²) in [7, 11) is 1.58. The second-order valence-electron chi connectivity index (χ2n) is 6.00. The predicted molar refractivity (Wildman–Crippen MR) is 102 cm³/mol. The van der Waals surface area contributed by atoms with Crippen molar-refractivity contribution >= 4 is 33.6 Å². The third-order valence-corrected chi connectivity index (χ3v) is 4.36. The summed E-state index contributed by atoms with van der Waals surface area (Å²) < 4.78 is 12.0. The number of amides is 1. The molecule has 4 rings (SSSR count). The van der Waals surface area contributed by atoms with E-state index in [0.29, 0.717) is 28.1 Å². The van der Waals surface area contributed by atoms with Gasteiger partial charge < -0.3 is 14.5 Å². The molecule has 0 radical (unpaired) electrons. The topological polar surface area (TPSA) is 86.4 Å². The standard InChI is InChI=1S/C20H17N3O4/c1-26-17-9-8-14(13-5-4-11-21-19(13)17)22-18(24)10-12-23-15-6-2-3-7-16(15)27-20(23)25/h2-9,11H,10,12H2,1H3,(H,22,24). The number of carbonyl (C=O) groups is 1. The third-order valence-electron chi connectivity index (χ3n) is 4.36. The minimum atomic E-state index is -0.469. The van der Waals surface area contributed by atoms with Crippen LogP contribution in [0.5, 0.6) is 5.75 Å². The van der Waals surface area contributed by atoms with E-state index in [1.54, 1.807) is 49.7 Å². The Kier molecular flexibility index (Phi) is 4.33. The molecule has 0 aliphatic heterocycles. The van der Waals surface area contributed by atoms with Crippen LogP contribution < -0.4 is 15.8 Å². The molecule has 0 aliphatic carbocycles. The SMILES string of the molecule is COc1ccc(NC(=O)CCn2c(=O)oc3ccccc32)c2cccnc12. The molecule has 0 unspecified atom stereocenters. The van der Waals surface area contributed by atoms with Gasteiger partial charge in [0.1, 0.15) is 11.3 Å². The summed E-state index contributed by atoms with van der Waals surface area (Å²) in [5.41, 5.74) is 2.51. The van der Waals surface area contributed by atoms with Crippen molar-refractivity contribution in [3.63, 3.8) is 0 Å². The quantitative estimate of drug-likeness (QED) is 0.588. The average Bonchev–Trinajstić information content (AvgIpc) is 3.01. The third kappa shape index (κ3) is 3.15. The minimum Gasteiger partial charge on any atom is -0.494 e. The fraction of sp³-hybridized carbons (Fsp3) is 0.150. The van der Waals surface area contributed by atoms with Crippen LogP contribution in [0.25, 0.3) is 22.0 Å². The first kappa shape index (κ1) is 16.8. The Morgan fingerprint density at radius 2 is 2.04 bits per heavy atom. The lowest BCUT2D eigenvalue weighted by molar-refractivity contribution is -0.116. The van der Waals surface area contributed by atoms with Gasteiger partial charge in [-0.05, 0) is 36.4 Å². The highest BCUT2D eigenvalue weighted by Gasteiger charge is 2.13. The summed E-state index contributed by atoms with van der Waals surface area (Å²) >= 11 is 0. The van der Waals surface area contributed by atoms with Gasteiger partial charge in [0.15, 0.2) is 5.58 Å². The summed E-state index contributed by atoms with van der Waals surface area (Å²) in [6.45, 7) is 0.230. The Hall–Kier alpha value is -3.61. The number of oxazole rings is 1. The van der Waals surface area contributed by atoms with Crippen molar-refractivity contribution in [1.29, 1.82) is 0 Å². The van der Waals surface area contributed by atoms with Crippen LogP contribution in [0.3, 0.4) is 0 Å². The minimum absolute atomic E-state index is 0.136. The van der Waals surface area contributed by atoms with Crippen molar-refractivity contribution in [3.05, 3.63) is 65.3 Å². The first-order chi connectivity index (χ1) is 13.2. The molecule has 27 heavy (non-hydrogen) atoms. The zero-order valence-electron chi connectivity index (χ0n) is 14.6. The van der Waals surface area contributed by atoms with E-state index < -0.39 is 5.76 Å². The first-order valence-corrected chi connectivity index (χ1v) is 8.47. The van der Waals surface area contributed by atoms with E-state index in [-0.39, 0.29) is 18.9 Å². The Morgan fingerprint density at radius 1 is 1.19 bits per heavy atom. The number of hydrogen-bond acceptors (Lipinski definition) is 5. The molecule has 2 heterocycles. The number of aryl methyl sites for hydroxylation is 1. The molecule has 0 bridgehead atoms. The van der Waals surface area contributed by atoms with E-state index in [1.165, 1.54) is 4.57 Å². The van der Waals surface area contributed by atoms with E-state index in [9.17, 15) is 9.59 Å². The summed E-state index contributed by atoms with van der Waals surface area (Å²) in [4.78, 5) is 28.8. The summed E-state index contributed by atoms with van der Waals surface area (Å²) in [6.07, 6.45) is 1.81. The van der Waals surface area contributed by atoms with Crippen molar-refractivity contribution in [2.24, 2.45) is 0 Å². The van der Waals surface area contributed by atoms with E-state index in [4.69, 9.17) is 9.15 Å². The number of hydrogen-bond donors (Lipinski definition) is 1. The molecule has 0 fully saturated rings. The van der Waals surface area contributed by atoms with Crippen LogP contribution in [0.4, 0.5) is 5.69 Å². The van der Waals surface area contributed by atoms with Crippen LogP contribution in [0.2, 0.25) is 0 Å². The monoisotopic (exact) mass is 363 g/mol. The van der Waals surface area contributed by atoms with Crippen LogP contribution in [-0.2, 0) is 11.3 Å². The Morgan fingerprint density at radius 3 is 2.89 bits per heavy atom. The average molecular weight is 363 g/mol. The lowest BCUT2D eigenvalue weighted by atomic mass is 10.1. The highest BCUT2D eigenvalue weighted by atomic mass is 16.5. The number of aromatic nitrogens is 2. The zero-order valence-corrected chi connectivity index (χ0v) is 14.6. The van der Waals surface area contributed by atoms with E-state index in [2.05, 4.69) is 10.3 Å². The van der Waals surface area contributed by atoms with Gasteiger partial charge >= 0.3 is 5.76 Å². The molecule has 7 nitrogen and oxygen atoms in total. The van der Waals surface area contributed by atoms with Gasteiger partial charge in [-0.3, -0.25) is 14.3 Å². The molecule has 2 aromatic carbocycles. The molecular weight excluding hydrogens is 346 g/mol. The lowest BCUT2D eigenvalue weighted by Gasteiger charge is -2.11. The van der Waals surface area contributed by atoms with Crippen molar-refractivity contribution < 1.29 is 13.9 Å². The van der Waals surface area contributed by atoms with Gasteiger partial charge in [-0.25, -0.2) is 4.79 Å². The highest BCUT2D eigenvalue weighted by molar-refractivity contribution is 6.02. The van der Waals surface area contributed by atoms with Crippen molar-refractivity contribution in [3.8, 4) is 5.75 Å². The van der Waals surface area contributed by atoms with Crippen LogP contribution >= 0.6 is 0 Å². The molecule has 0 atom stereocenters. The van der Waals surface area contributed by atoms with Gasteiger partial charge in [-0.2, -0.15) is 0 Å². The number of benzene rings is 2. The number of pyridine rings is 1. The summed E-state index contributed by atoms with van der Waals surface area (Å²) in [5.74, 6) is -0.0365. The maximum absolute atomic E-state index is 12.4. The number of para-hydroxylation sites is 2. The van der Waals surface area contributed by atoms with Gasteiger partial charge in [0.25, 0.3) is 0 Å². The Bertz CT molecular complexity index is 1190. The molecule has 1 N–H and O–H groups in total. The number of carbonyl (C=O) groups excluding carboxylic acids is 1. The van der Waals surface area contributed by atoms with Gasteiger partial charge in [-0.15, -0.1) is 0 Å². The smallest absolute Gasteiger partial charge is 0.419 e. The largest absolute Gasteiger partial charge is 0.494 e. The molecule has 0 spiro atoms. The summed E-state index contributed by atoms with van der Waals surface area (Å²) in [6, 6.07) is 14.3. The fourth-order valence-electron chi connectivity index (χ4n) is 3.07. The van der Waals surface area contributed by atoms with Crippen molar-refractivity contribution in [2.45, 2.75) is 13.0 Å². The van der Waals surface area contributed by atoms with Gasteiger partial charge in [0.05, 0.1) is 18.3 Å². The van der Waals surface area contributed by atoms with Crippen LogP contribution in [0, 0.1) is 0 Å². The maximum atomic E-state index is 12.4. The number of fused-ring (bicyclic) bond motifs is 2. The van der Waals surface area contributed by atoms with E-state index in [1.807, 2.05) is 12.1 Å². The van der Waals surface area contributed by atoms with Gasteiger partial charge in [0.2, 0.25) is 5.91 Å². The van der Waals surface area contributed by atoms with E-state index >= 15 is 0 Å². The van der Waals surface area contributed by atoms with Gasteiger partial charge in [-0.1, -0.05) is 12.1 Å². The molecule has 4 aromatic rings. The number of methoxy groups -OCH3 is 1. The zero-order chi connectivity index (χ0) is 18.8. The molecular formula is C20H17N3O4. The van der Waals surface area contributed by atoms with Gasteiger partial charge in [0, 0.05) is 24.5 Å². The number of ether oxygens (including phenoxy) is 1. The molecule has 1 amide bonds. The number of anilines is 1. The maximum Gasteiger partial charge on any atom is 0.419 e. The second kappa shape index (κ2) is 6.95. The molecule has 0 saturated carbocycles. The first-order valence-electron chi connectivity index (χ1n) is 8.47. The Labute approximate surface area is 154 Å². The van der Waals surface area contributed by atoms with E-state index in [0.717, 1.165) is 5.39 Å². The summed E-state index contributed by atoms with van der Waals surface area (Å²) in [5, 5.41) is 3.67. The Balaban J connectivity index is 1.54.